The first kappa shape index (κ1) is 27.2. The summed E-state index contributed by atoms with van der Waals surface area (Å²) in [5.74, 6) is -2.92. The molecule has 10 nitrogen and oxygen atoms in total. The molecule has 3 atom stereocenters. The summed E-state index contributed by atoms with van der Waals surface area (Å²) >= 11 is 0. The number of hydrogen-bond donors (Lipinski definition) is 2. The molecule has 0 spiro atoms. The third-order valence-corrected chi connectivity index (χ3v) is 6.41. The van der Waals surface area contributed by atoms with E-state index in [1.54, 1.807) is 80.6 Å². The van der Waals surface area contributed by atoms with E-state index in [1.807, 2.05) is 6.07 Å². The maximum atomic E-state index is 13.2. The monoisotopic (exact) mass is 528 g/mol. The van der Waals surface area contributed by atoms with Crippen LogP contribution in [-0.2, 0) is 14.3 Å². The Balaban J connectivity index is 1.52. The van der Waals surface area contributed by atoms with E-state index in [-0.39, 0.29) is 18.7 Å². The first-order chi connectivity index (χ1) is 18.8. The molecule has 4 rings (SSSR count). The molecule has 1 aliphatic heterocycles. The molecule has 10 heteroatoms. The van der Waals surface area contributed by atoms with Gasteiger partial charge in [-0.25, -0.2) is 14.5 Å². The van der Waals surface area contributed by atoms with Crippen LogP contribution in [0.1, 0.15) is 47.9 Å². The zero-order valence-corrected chi connectivity index (χ0v) is 21.5. The number of amides is 3. The minimum atomic E-state index is -1.28. The second-order valence-electron chi connectivity index (χ2n) is 9.16. The van der Waals surface area contributed by atoms with Gasteiger partial charge in [0.25, 0.3) is 5.91 Å². The van der Waals surface area contributed by atoms with E-state index in [0.29, 0.717) is 17.0 Å². The number of carbonyl (C=O) groups excluding carboxylic acids is 3. The highest BCUT2D eigenvalue weighted by Gasteiger charge is 2.40. The number of aliphatic carboxylic acids is 1. The number of para-hydroxylation sites is 1. The van der Waals surface area contributed by atoms with Gasteiger partial charge in [0, 0.05) is 23.9 Å². The Kier molecular flexibility index (Phi) is 8.45. The molecule has 200 valence electrons. The number of carboxylic acid groups (broad SMARTS) is 1. The standard InChI is InChI=1S/C29H28N4O6/c1-18(16-25(34)33-24(17-39-29(33)38)20-10-4-3-5-11-20)26(28(36)37)31-19(2)21-12-6-7-13-22(21)32-27(35)23-14-8-9-15-30-23/h3-15,18,24,26H,16-17H2,1-2H3,(H,32,35)(H,36,37)/t18-,24+,26-/m0/s1. The molecular weight excluding hydrogens is 500 g/mol. The fourth-order valence-corrected chi connectivity index (χ4v) is 4.40. The second kappa shape index (κ2) is 12.1. The Hall–Kier alpha value is -4.86. The van der Waals surface area contributed by atoms with Crippen LogP contribution in [0.15, 0.2) is 84.0 Å². The summed E-state index contributed by atoms with van der Waals surface area (Å²) in [5, 5.41) is 12.8. The van der Waals surface area contributed by atoms with Gasteiger partial charge < -0.3 is 15.2 Å². The van der Waals surface area contributed by atoms with Crippen LogP contribution in [0.25, 0.3) is 0 Å². The second-order valence-corrected chi connectivity index (χ2v) is 9.16. The van der Waals surface area contributed by atoms with Gasteiger partial charge in [0.05, 0.1) is 5.69 Å². The van der Waals surface area contributed by atoms with Crippen LogP contribution in [-0.4, -0.2) is 57.2 Å². The molecule has 1 aromatic heterocycles. The fraction of sp³-hybridized carbons (Fsp3) is 0.241. The van der Waals surface area contributed by atoms with E-state index in [0.717, 1.165) is 10.5 Å². The van der Waals surface area contributed by atoms with Crippen molar-refractivity contribution in [1.82, 2.24) is 9.88 Å². The number of nitrogens with zero attached hydrogens (tertiary/aromatic N) is 3. The summed E-state index contributed by atoms with van der Waals surface area (Å²) in [6, 6.07) is 19.0. The number of imide groups is 1. The number of benzene rings is 2. The average Bonchev–Trinajstić information content (AvgIpc) is 3.34. The van der Waals surface area contributed by atoms with Crippen molar-refractivity contribution < 1.29 is 29.0 Å². The van der Waals surface area contributed by atoms with Gasteiger partial charge in [-0.15, -0.1) is 0 Å². The number of ether oxygens (including phenoxy) is 1. The summed E-state index contributed by atoms with van der Waals surface area (Å²) in [7, 11) is 0. The smallest absolute Gasteiger partial charge is 0.417 e. The molecule has 0 radical (unpaired) electrons. The molecule has 1 aliphatic rings. The van der Waals surface area contributed by atoms with Crippen LogP contribution in [0.2, 0.25) is 0 Å². The minimum absolute atomic E-state index is 0.0313. The number of nitrogens with one attached hydrogen (secondary N) is 1. The van der Waals surface area contributed by atoms with Gasteiger partial charge in [-0.3, -0.25) is 19.6 Å². The number of carbonyl (C=O) groups is 4. The molecule has 2 heterocycles. The number of cyclic esters (lactones) is 1. The normalized spacial score (nSPS) is 16.8. The average molecular weight is 529 g/mol. The maximum absolute atomic E-state index is 13.2. The van der Waals surface area contributed by atoms with Crippen LogP contribution in [0.3, 0.4) is 0 Å². The molecule has 1 fully saturated rings. The lowest BCUT2D eigenvalue weighted by Gasteiger charge is -2.23. The minimum Gasteiger partial charge on any atom is -0.480 e. The van der Waals surface area contributed by atoms with E-state index in [1.165, 1.54) is 6.20 Å². The number of aliphatic imine (C=N–C) groups is 1. The predicted molar refractivity (Wildman–Crippen MR) is 143 cm³/mol. The van der Waals surface area contributed by atoms with Crippen molar-refractivity contribution in [2.45, 2.75) is 32.4 Å². The topological polar surface area (TPSA) is 138 Å². The Morgan fingerprint density at radius 3 is 2.46 bits per heavy atom. The lowest BCUT2D eigenvalue weighted by atomic mass is 9.96. The fourth-order valence-electron chi connectivity index (χ4n) is 4.40. The lowest BCUT2D eigenvalue weighted by Crippen LogP contribution is -2.37. The highest BCUT2D eigenvalue weighted by atomic mass is 16.6. The molecule has 0 unspecified atom stereocenters. The van der Waals surface area contributed by atoms with E-state index in [2.05, 4.69) is 15.3 Å². The zero-order valence-electron chi connectivity index (χ0n) is 21.5. The number of rotatable bonds is 9. The van der Waals surface area contributed by atoms with Crippen LogP contribution >= 0.6 is 0 Å². The van der Waals surface area contributed by atoms with Gasteiger partial charge in [0.2, 0.25) is 5.91 Å². The van der Waals surface area contributed by atoms with E-state index in [9.17, 15) is 24.3 Å². The molecule has 2 N–H and O–H groups in total. The number of pyridine rings is 1. The van der Waals surface area contributed by atoms with Crippen LogP contribution in [0.4, 0.5) is 10.5 Å². The summed E-state index contributed by atoms with van der Waals surface area (Å²) in [4.78, 5) is 59.9. The first-order valence-corrected chi connectivity index (χ1v) is 12.4. The number of anilines is 1. The van der Waals surface area contributed by atoms with E-state index >= 15 is 0 Å². The molecule has 3 aromatic rings. The van der Waals surface area contributed by atoms with Crippen molar-refractivity contribution in [3.63, 3.8) is 0 Å². The SMILES string of the molecule is CC(=N[C@H](C(=O)O)[C@@H](C)CC(=O)N1C(=O)OC[C@@H]1c1ccccc1)c1ccccc1NC(=O)c1ccccn1. The molecule has 0 saturated carbocycles. The number of aromatic nitrogens is 1. The third-order valence-electron chi connectivity index (χ3n) is 6.41. The zero-order chi connectivity index (χ0) is 27.9. The van der Waals surface area contributed by atoms with Gasteiger partial charge in [-0.2, -0.15) is 0 Å². The Labute approximate surface area is 225 Å². The van der Waals surface area contributed by atoms with Crippen molar-refractivity contribution in [2.24, 2.45) is 10.9 Å². The molecule has 3 amide bonds. The quantitative estimate of drug-likeness (QED) is 0.394. The number of carboxylic acids is 1. The largest absolute Gasteiger partial charge is 0.480 e. The van der Waals surface area contributed by atoms with E-state index in [4.69, 9.17) is 4.74 Å². The summed E-state index contributed by atoms with van der Waals surface area (Å²) < 4.78 is 5.13. The Bertz CT molecular complexity index is 1390. The van der Waals surface area contributed by atoms with E-state index < -0.39 is 41.9 Å². The van der Waals surface area contributed by atoms with Gasteiger partial charge in [-0.05, 0) is 36.6 Å². The highest BCUT2D eigenvalue weighted by Crippen LogP contribution is 2.30. The molecule has 2 aromatic carbocycles. The Morgan fingerprint density at radius 2 is 1.77 bits per heavy atom. The van der Waals surface area contributed by atoms with Crippen molar-refractivity contribution in [3.8, 4) is 0 Å². The summed E-state index contributed by atoms with van der Waals surface area (Å²) in [6.07, 6.45) is 0.520. The molecule has 0 bridgehead atoms. The molecular formula is C29H28N4O6. The Morgan fingerprint density at radius 1 is 1.08 bits per heavy atom. The van der Waals surface area contributed by atoms with Gasteiger partial charge in [-0.1, -0.05) is 61.5 Å². The number of hydrogen-bond acceptors (Lipinski definition) is 7. The lowest BCUT2D eigenvalue weighted by molar-refractivity contribution is -0.140. The molecule has 0 aliphatic carbocycles. The summed E-state index contributed by atoms with van der Waals surface area (Å²) in [5.41, 5.74) is 2.30. The van der Waals surface area contributed by atoms with Crippen molar-refractivity contribution >= 4 is 35.3 Å². The van der Waals surface area contributed by atoms with Crippen molar-refractivity contribution in [3.05, 3.63) is 95.8 Å². The van der Waals surface area contributed by atoms with Gasteiger partial charge >= 0.3 is 12.1 Å². The molecule has 39 heavy (non-hydrogen) atoms. The van der Waals surface area contributed by atoms with Crippen molar-refractivity contribution in [2.75, 3.05) is 11.9 Å². The summed E-state index contributed by atoms with van der Waals surface area (Å²) in [6.45, 7) is 3.27. The van der Waals surface area contributed by atoms with Gasteiger partial charge in [0.15, 0.2) is 6.04 Å². The maximum Gasteiger partial charge on any atom is 0.417 e. The van der Waals surface area contributed by atoms with Crippen LogP contribution in [0.5, 0.6) is 0 Å². The van der Waals surface area contributed by atoms with Crippen LogP contribution < -0.4 is 5.32 Å². The first-order valence-electron chi connectivity index (χ1n) is 12.4. The highest BCUT2D eigenvalue weighted by molar-refractivity contribution is 6.10. The molecule has 1 saturated heterocycles. The van der Waals surface area contributed by atoms with Crippen LogP contribution in [0, 0.1) is 5.92 Å². The van der Waals surface area contributed by atoms with Crippen molar-refractivity contribution in [1.29, 1.82) is 0 Å². The third kappa shape index (κ3) is 6.35. The van der Waals surface area contributed by atoms with Gasteiger partial charge in [0.1, 0.15) is 18.3 Å². The predicted octanol–water partition coefficient (Wildman–Crippen LogP) is 4.34.